The molecule has 1 heterocycles. The highest BCUT2D eigenvalue weighted by atomic mass is 16.5. The molecule has 0 unspecified atom stereocenters. The van der Waals surface area contributed by atoms with Gasteiger partial charge in [-0.15, -0.1) is 0 Å². The number of rotatable bonds is 5. The summed E-state index contributed by atoms with van der Waals surface area (Å²) >= 11 is 0. The molecule has 1 aromatic heterocycles. The lowest BCUT2D eigenvalue weighted by Crippen LogP contribution is -2.34. The quantitative estimate of drug-likeness (QED) is 0.616. The summed E-state index contributed by atoms with van der Waals surface area (Å²) in [6, 6.07) is 19.7. The van der Waals surface area contributed by atoms with Gasteiger partial charge in [-0.05, 0) is 18.4 Å². The zero-order valence-electron chi connectivity index (χ0n) is 14.6. The smallest absolute Gasteiger partial charge is 0.317 e. The van der Waals surface area contributed by atoms with Crippen molar-refractivity contribution in [1.82, 2.24) is 4.98 Å². The third-order valence-electron chi connectivity index (χ3n) is 5.11. The van der Waals surface area contributed by atoms with Crippen molar-refractivity contribution in [2.24, 2.45) is 0 Å². The first-order valence-corrected chi connectivity index (χ1v) is 9.01. The SMILES string of the molecule is O=C(OCc1ncc(-c2ccccc2)o1)C1(c2ccccc2)CCCC1. The molecule has 1 aliphatic carbocycles. The monoisotopic (exact) mass is 347 g/mol. The van der Waals surface area contributed by atoms with Crippen LogP contribution in [0.4, 0.5) is 0 Å². The maximum atomic E-state index is 12.9. The summed E-state index contributed by atoms with van der Waals surface area (Å²) in [4.78, 5) is 17.2. The first kappa shape index (κ1) is 16.6. The lowest BCUT2D eigenvalue weighted by Gasteiger charge is -2.26. The molecule has 1 aliphatic rings. The van der Waals surface area contributed by atoms with Crippen molar-refractivity contribution in [2.45, 2.75) is 37.7 Å². The van der Waals surface area contributed by atoms with Gasteiger partial charge in [-0.2, -0.15) is 0 Å². The number of nitrogens with zero attached hydrogens (tertiary/aromatic N) is 1. The number of benzene rings is 2. The van der Waals surface area contributed by atoms with Crippen LogP contribution in [-0.4, -0.2) is 11.0 Å². The maximum absolute atomic E-state index is 12.9. The summed E-state index contributed by atoms with van der Waals surface area (Å²) < 4.78 is 11.4. The second-order valence-corrected chi connectivity index (χ2v) is 6.72. The van der Waals surface area contributed by atoms with E-state index in [4.69, 9.17) is 9.15 Å². The third kappa shape index (κ3) is 3.15. The van der Waals surface area contributed by atoms with Crippen LogP contribution in [-0.2, 0) is 21.6 Å². The van der Waals surface area contributed by atoms with Crippen molar-refractivity contribution in [3.05, 3.63) is 78.3 Å². The Kier molecular flexibility index (Phi) is 4.57. The third-order valence-corrected chi connectivity index (χ3v) is 5.11. The van der Waals surface area contributed by atoms with Crippen LogP contribution >= 0.6 is 0 Å². The minimum absolute atomic E-state index is 0.0558. The van der Waals surface area contributed by atoms with Gasteiger partial charge in [-0.1, -0.05) is 73.5 Å². The summed E-state index contributed by atoms with van der Waals surface area (Å²) in [6.07, 6.45) is 5.41. The Morgan fingerprint density at radius 2 is 1.65 bits per heavy atom. The van der Waals surface area contributed by atoms with Gasteiger partial charge in [-0.3, -0.25) is 4.79 Å². The number of aromatic nitrogens is 1. The van der Waals surface area contributed by atoms with Crippen LogP contribution in [0.1, 0.15) is 37.1 Å². The number of esters is 1. The van der Waals surface area contributed by atoms with Crippen LogP contribution in [0.15, 0.2) is 71.3 Å². The highest BCUT2D eigenvalue weighted by Gasteiger charge is 2.44. The summed E-state index contributed by atoms with van der Waals surface area (Å²) in [7, 11) is 0. The fraction of sp³-hybridized carbons (Fsp3) is 0.273. The predicted octanol–water partition coefficient (Wildman–Crippen LogP) is 4.90. The summed E-state index contributed by atoms with van der Waals surface area (Å²) in [5.74, 6) is 0.911. The van der Waals surface area contributed by atoms with E-state index in [9.17, 15) is 4.79 Å². The molecule has 0 amide bonds. The van der Waals surface area contributed by atoms with E-state index in [2.05, 4.69) is 4.98 Å². The van der Waals surface area contributed by atoms with Crippen LogP contribution in [0, 0.1) is 0 Å². The van der Waals surface area contributed by atoms with Crippen LogP contribution in [0.3, 0.4) is 0 Å². The molecule has 132 valence electrons. The van der Waals surface area contributed by atoms with Crippen molar-refractivity contribution in [3.63, 3.8) is 0 Å². The molecule has 0 radical (unpaired) electrons. The largest absolute Gasteiger partial charge is 0.455 e. The molecule has 3 aromatic rings. The molecule has 2 aromatic carbocycles. The molecular formula is C22H21NO3. The number of ether oxygens (including phenoxy) is 1. The van der Waals surface area contributed by atoms with E-state index in [0.717, 1.165) is 36.8 Å². The zero-order chi connectivity index (χ0) is 17.8. The van der Waals surface area contributed by atoms with Gasteiger partial charge in [0.05, 0.1) is 11.6 Å². The first-order chi connectivity index (χ1) is 12.8. The molecule has 0 atom stereocenters. The molecule has 0 bridgehead atoms. The maximum Gasteiger partial charge on any atom is 0.317 e. The van der Waals surface area contributed by atoms with Gasteiger partial charge in [0.1, 0.15) is 0 Å². The fourth-order valence-corrected chi connectivity index (χ4v) is 3.72. The molecule has 4 rings (SSSR count). The van der Waals surface area contributed by atoms with E-state index in [1.807, 2.05) is 60.7 Å². The lowest BCUT2D eigenvalue weighted by molar-refractivity contribution is -0.152. The molecule has 0 spiro atoms. The van der Waals surface area contributed by atoms with Gasteiger partial charge in [0.25, 0.3) is 0 Å². The molecule has 0 N–H and O–H groups in total. The van der Waals surface area contributed by atoms with Crippen molar-refractivity contribution >= 4 is 5.97 Å². The Balaban J connectivity index is 1.47. The summed E-state index contributed by atoms with van der Waals surface area (Å²) in [5.41, 5.74) is 1.46. The minimum Gasteiger partial charge on any atom is -0.455 e. The van der Waals surface area contributed by atoms with Crippen LogP contribution in [0.2, 0.25) is 0 Å². The average Bonchev–Trinajstić information content (AvgIpc) is 3.38. The van der Waals surface area contributed by atoms with Gasteiger partial charge in [0, 0.05) is 5.56 Å². The molecule has 4 heteroatoms. The van der Waals surface area contributed by atoms with Gasteiger partial charge >= 0.3 is 5.97 Å². The van der Waals surface area contributed by atoms with Crippen molar-refractivity contribution in [2.75, 3.05) is 0 Å². The molecule has 0 aliphatic heterocycles. The lowest BCUT2D eigenvalue weighted by atomic mass is 9.79. The van der Waals surface area contributed by atoms with Gasteiger partial charge < -0.3 is 9.15 Å². The average molecular weight is 347 g/mol. The second-order valence-electron chi connectivity index (χ2n) is 6.72. The van der Waals surface area contributed by atoms with Crippen molar-refractivity contribution < 1.29 is 13.9 Å². The number of oxazole rings is 1. The van der Waals surface area contributed by atoms with E-state index in [0.29, 0.717) is 11.7 Å². The van der Waals surface area contributed by atoms with E-state index in [1.165, 1.54) is 0 Å². The Bertz CT molecular complexity index is 865. The summed E-state index contributed by atoms with van der Waals surface area (Å²) in [5, 5.41) is 0. The fourth-order valence-electron chi connectivity index (χ4n) is 3.72. The van der Waals surface area contributed by atoms with Crippen LogP contribution in [0.25, 0.3) is 11.3 Å². The molecule has 0 saturated heterocycles. The summed E-state index contributed by atoms with van der Waals surface area (Å²) in [6.45, 7) is 0.0558. The first-order valence-electron chi connectivity index (χ1n) is 9.01. The standard InChI is InChI=1S/C22H21NO3/c24-21(22(13-7-8-14-22)18-11-5-2-6-12-18)25-16-20-23-15-19(26-20)17-9-3-1-4-10-17/h1-6,9-12,15H,7-8,13-14,16H2. The number of carbonyl (C=O) groups is 1. The number of carbonyl (C=O) groups excluding carboxylic acids is 1. The minimum atomic E-state index is -0.532. The van der Waals surface area contributed by atoms with Gasteiger partial charge in [0.2, 0.25) is 5.89 Å². The van der Waals surface area contributed by atoms with Gasteiger partial charge in [-0.25, -0.2) is 4.98 Å². The normalized spacial score (nSPS) is 15.7. The van der Waals surface area contributed by atoms with Crippen molar-refractivity contribution in [1.29, 1.82) is 0 Å². The number of hydrogen-bond acceptors (Lipinski definition) is 4. The molecular weight excluding hydrogens is 326 g/mol. The van der Waals surface area contributed by atoms with Crippen LogP contribution < -0.4 is 0 Å². The topological polar surface area (TPSA) is 52.3 Å². The molecule has 1 saturated carbocycles. The van der Waals surface area contributed by atoms with Crippen molar-refractivity contribution in [3.8, 4) is 11.3 Å². The second kappa shape index (κ2) is 7.16. The molecule has 1 fully saturated rings. The number of hydrogen-bond donors (Lipinski definition) is 0. The Hall–Kier alpha value is -2.88. The molecule has 26 heavy (non-hydrogen) atoms. The Labute approximate surface area is 152 Å². The van der Waals surface area contributed by atoms with Crippen LogP contribution in [0.5, 0.6) is 0 Å². The Morgan fingerprint density at radius 3 is 2.35 bits per heavy atom. The van der Waals surface area contributed by atoms with Gasteiger partial charge in [0.15, 0.2) is 12.4 Å². The highest BCUT2D eigenvalue weighted by molar-refractivity contribution is 5.83. The highest BCUT2D eigenvalue weighted by Crippen LogP contribution is 2.42. The molecule has 4 nitrogen and oxygen atoms in total. The predicted molar refractivity (Wildman–Crippen MR) is 98.3 cm³/mol. The van der Waals surface area contributed by atoms with E-state index in [1.54, 1.807) is 6.20 Å². The van der Waals surface area contributed by atoms with E-state index < -0.39 is 5.41 Å². The zero-order valence-corrected chi connectivity index (χ0v) is 14.6. The Morgan fingerprint density at radius 1 is 1.00 bits per heavy atom. The van der Waals surface area contributed by atoms with E-state index in [-0.39, 0.29) is 12.6 Å². The van der Waals surface area contributed by atoms with E-state index >= 15 is 0 Å².